The van der Waals surface area contributed by atoms with E-state index in [2.05, 4.69) is 59.7 Å². The number of aliphatic imine (C=N–C) groups is 1. The SMILES string of the molecule is CCNC(=NCc1cccc(OC)c1OC)NC1CCN(Cc2ccccc2)C(C)C1.I. The van der Waals surface area contributed by atoms with Gasteiger partial charge in [0.05, 0.1) is 20.8 Å². The first-order chi connectivity index (χ1) is 15.1. The molecular formula is C25H37IN4O2. The molecule has 0 radical (unpaired) electrons. The number of methoxy groups -OCH3 is 2. The van der Waals surface area contributed by atoms with Crippen LogP contribution in [-0.4, -0.2) is 50.3 Å². The Morgan fingerprint density at radius 3 is 2.53 bits per heavy atom. The lowest BCUT2D eigenvalue weighted by atomic mass is 9.97. The van der Waals surface area contributed by atoms with Gasteiger partial charge in [-0.1, -0.05) is 42.5 Å². The number of likely N-dealkylation sites (tertiary alicyclic amines) is 1. The van der Waals surface area contributed by atoms with Gasteiger partial charge in [-0.15, -0.1) is 24.0 Å². The van der Waals surface area contributed by atoms with Gasteiger partial charge in [-0.05, 0) is 38.3 Å². The summed E-state index contributed by atoms with van der Waals surface area (Å²) in [5, 5.41) is 7.03. The maximum Gasteiger partial charge on any atom is 0.191 e. The van der Waals surface area contributed by atoms with E-state index < -0.39 is 0 Å². The van der Waals surface area contributed by atoms with Crippen LogP contribution in [0.1, 0.15) is 37.8 Å². The Morgan fingerprint density at radius 1 is 1.09 bits per heavy atom. The van der Waals surface area contributed by atoms with Crippen LogP contribution in [0.25, 0.3) is 0 Å². The number of piperidine rings is 1. The van der Waals surface area contributed by atoms with Gasteiger partial charge in [0.2, 0.25) is 0 Å². The highest BCUT2D eigenvalue weighted by atomic mass is 127. The number of nitrogens with one attached hydrogen (secondary N) is 2. The number of hydrogen-bond donors (Lipinski definition) is 2. The molecule has 0 amide bonds. The van der Waals surface area contributed by atoms with Crippen LogP contribution in [0.4, 0.5) is 0 Å². The van der Waals surface area contributed by atoms with Gasteiger partial charge in [0.25, 0.3) is 0 Å². The van der Waals surface area contributed by atoms with Gasteiger partial charge >= 0.3 is 0 Å². The van der Waals surface area contributed by atoms with Gasteiger partial charge in [0.1, 0.15) is 0 Å². The van der Waals surface area contributed by atoms with Crippen molar-refractivity contribution in [2.75, 3.05) is 27.3 Å². The fraction of sp³-hybridized carbons (Fsp3) is 0.480. The summed E-state index contributed by atoms with van der Waals surface area (Å²) in [5.74, 6) is 2.32. The zero-order valence-corrected chi connectivity index (χ0v) is 22.0. The van der Waals surface area contributed by atoms with Gasteiger partial charge in [-0.3, -0.25) is 4.90 Å². The Kier molecular flexibility index (Phi) is 11.1. The highest BCUT2D eigenvalue weighted by molar-refractivity contribution is 14.0. The van der Waals surface area contributed by atoms with Gasteiger partial charge in [-0.2, -0.15) is 0 Å². The van der Waals surface area contributed by atoms with Crippen molar-refractivity contribution in [2.24, 2.45) is 4.99 Å². The van der Waals surface area contributed by atoms with Crippen LogP contribution in [0, 0.1) is 0 Å². The largest absolute Gasteiger partial charge is 0.493 e. The first-order valence-corrected chi connectivity index (χ1v) is 11.2. The normalized spacial score (nSPS) is 19.1. The zero-order valence-electron chi connectivity index (χ0n) is 19.6. The van der Waals surface area contributed by atoms with Crippen LogP contribution in [0.2, 0.25) is 0 Å². The average molecular weight is 553 g/mol. The molecule has 2 aromatic rings. The Labute approximate surface area is 209 Å². The summed E-state index contributed by atoms with van der Waals surface area (Å²) in [6, 6.07) is 17.6. The number of rotatable bonds is 8. The van der Waals surface area contributed by atoms with Crippen molar-refractivity contribution >= 4 is 29.9 Å². The summed E-state index contributed by atoms with van der Waals surface area (Å²) in [6.45, 7) is 7.85. The van der Waals surface area contributed by atoms with E-state index in [1.165, 1.54) is 5.56 Å². The molecule has 2 unspecified atom stereocenters. The molecule has 2 aromatic carbocycles. The Hall–Kier alpha value is -2.00. The summed E-state index contributed by atoms with van der Waals surface area (Å²) >= 11 is 0. The highest BCUT2D eigenvalue weighted by Gasteiger charge is 2.26. The molecule has 32 heavy (non-hydrogen) atoms. The Balaban J connectivity index is 0.00000363. The Morgan fingerprint density at radius 2 is 1.88 bits per heavy atom. The van der Waals surface area contributed by atoms with Crippen molar-refractivity contribution in [3.05, 3.63) is 59.7 Å². The van der Waals surface area contributed by atoms with Crippen molar-refractivity contribution < 1.29 is 9.47 Å². The smallest absolute Gasteiger partial charge is 0.191 e. The Bertz CT molecular complexity index is 847. The summed E-state index contributed by atoms with van der Waals surface area (Å²) in [7, 11) is 3.32. The van der Waals surface area contributed by atoms with E-state index in [1.807, 2.05) is 18.2 Å². The third-order valence-corrected chi connectivity index (χ3v) is 5.82. The third kappa shape index (κ3) is 7.27. The van der Waals surface area contributed by atoms with Gasteiger partial charge < -0.3 is 20.1 Å². The zero-order chi connectivity index (χ0) is 22.1. The summed E-state index contributed by atoms with van der Waals surface area (Å²) in [6.07, 6.45) is 2.20. The molecule has 0 aromatic heterocycles. The second kappa shape index (κ2) is 13.5. The van der Waals surface area contributed by atoms with Gasteiger partial charge in [0, 0.05) is 37.3 Å². The first kappa shape index (κ1) is 26.3. The first-order valence-electron chi connectivity index (χ1n) is 11.2. The van der Waals surface area contributed by atoms with Crippen molar-refractivity contribution in [1.29, 1.82) is 0 Å². The monoisotopic (exact) mass is 552 g/mol. The van der Waals surface area contributed by atoms with E-state index in [0.29, 0.717) is 18.6 Å². The van der Waals surface area contributed by atoms with Crippen molar-refractivity contribution in [1.82, 2.24) is 15.5 Å². The van der Waals surface area contributed by atoms with E-state index in [0.717, 1.165) is 55.5 Å². The summed E-state index contributed by atoms with van der Waals surface area (Å²) in [4.78, 5) is 7.39. The number of benzene rings is 2. The minimum absolute atomic E-state index is 0. The lowest BCUT2D eigenvalue weighted by Crippen LogP contribution is -2.51. The molecule has 1 heterocycles. The lowest BCUT2D eigenvalue weighted by Gasteiger charge is -2.38. The minimum atomic E-state index is 0. The third-order valence-electron chi connectivity index (χ3n) is 5.82. The highest BCUT2D eigenvalue weighted by Crippen LogP contribution is 2.31. The number of guanidine groups is 1. The number of halogens is 1. The molecule has 0 saturated carbocycles. The maximum absolute atomic E-state index is 5.54. The predicted molar refractivity (Wildman–Crippen MR) is 142 cm³/mol. The van der Waals surface area contributed by atoms with Gasteiger partial charge in [0.15, 0.2) is 17.5 Å². The van der Waals surface area contributed by atoms with Crippen molar-refractivity contribution in [3.8, 4) is 11.5 Å². The molecule has 6 nitrogen and oxygen atoms in total. The van der Waals surface area contributed by atoms with E-state index >= 15 is 0 Å². The number of ether oxygens (including phenoxy) is 2. The fourth-order valence-corrected chi connectivity index (χ4v) is 4.16. The molecule has 1 aliphatic rings. The van der Waals surface area contributed by atoms with E-state index in [4.69, 9.17) is 14.5 Å². The molecule has 7 heteroatoms. The molecule has 1 saturated heterocycles. The van der Waals surface area contributed by atoms with Crippen molar-refractivity contribution in [2.45, 2.75) is 51.9 Å². The molecule has 3 rings (SSSR count). The molecule has 0 bridgehead atoms. The van der Waals surface area contributed by atoms with E-state index in [1.54, 1.807) is 14.2 Å². The molecule has 1 fully saturated rings. The topological polar surface area (TPSA) is 58.1 Å². The van der Waals surface area contributed by atoms with Crippen molar-refractivity contribution in [3.63, 3.8) is 0 Å². The molecule has 176 valence electrons. The molecule has 1 aliphatic heterocycles. The van der Waals surface area contributed by atoms with E-state index in [-0.39, 0.29) is 24.0 Å². The number of hydrogen-bond acceptors (Lipinski definition) is 4. The lowest BCUT2D eigenvalue weighted by molar-refractivity contribution is 0.134. The average Bonchev–Trinajstić information content (AvgIpc) is 2.79. The predicted octanol–water partition coefficient (Wildman–Crippen LogP) is 4.43. The van der Waals surface area contributed by atoms with Gasteiger partial charge in [-0.25, -0.2) is 4.99 Å². The molecule has 2 atom stereocenters. The minimum Gasteiger partial charge on any atom is -0.493 e. The summed E-state index contributed by atoms with van der Waals surface area (Å²) in [5.41, 5.74) is 2.38. The van der Waals surface area contributed by atoms with Crippen LogP contribution >= 0.6 is 24.0 Å². The van der Waals surface area contributed by atoms with E-state index in [9.17, 15) is 0 Å². The van der Waals surface area contributed by atoms with Crippen LogP contribution in [0.5, 0.6) is 11.5 Å². The molecule has 0 spiro atoms. The molecular weight excluding hydrogens is 515 g/mol. The number of nitrogens with zero attached hydrogens (tertiary/aromatic N) is 2. The summed E-state index contributed by atoms with van der Waals surface area (Å²) < 4.78 is 11.0. The number of para-hydroxylation sites is 1. The van der Waals surface area contributed by atoms with Crippen LogP contribution in [-0.2, 0) is 13.1 Å². The second-order valence-electron chi connectivity index (χ2n) is 8.02. The van der Waals surface area contributed by atoms with Crippen LogP contribution < -0.4 is 20.1 Å². The van der Waals surface area contributed by atoms with Crippen LogP contribution in [0.15, 0.2) is 53.5 Å². The fourth-order valence-electron chi connectivity index (χ4n) is 4.16. The maximum atomic E-state index is 5.54. The molecule has 0 aliphatic carbocycles. The quantitative estimate of drug-likeness (QED) is 0.289. The van der Waals surface area contributed by atoms with Crippen LogP contribution in [0.3, 0.4) is 0 Å². The molecule has 2 N–H and O–H groups in total. The standard InChI is InChI=1S/C25H36N4O2.HI/c1-5-26-25(27-17-21-12-9-13-23(30-3)24(21)31-4)28-22-14-15-29(19(2)16-22)18-20-10-7-6-8-11-20;/h6-13,19,22H,5,14-18H2,1-4H3,(H2,26,27,28);1H. The second-order valence-corrected chi connectivity index (χ2v) is 8.02.